The number of ether oxygens (including phenoxy) is 1. The van der Waals surface area contributed by atoms with Crippen LogP contribution in [-0.4, -0.2) is 22.0 Å². The molecule has 4 heteroatoms. The molecule has 0 aromatic rings. The number of rotatable bonds is 5. The van der Waals surface area contributed by atoms with Crippen LogP contribution in [0.2, 0.25) is 0 Å². The number of carbonyl (C=O) groups is 1. The lowest BCUT2D eigenvalue weighted by Crippen LogP contribution is -2.18. The quantitative estimate of drug-likeness (QED) is 0.404. The lowest BCUT2D eigenvalue weighted by Gasteiger charge is -2.09. The number of hydrogen-bond donors (Lipinski definition) is 0. The molecule has 0 aliphatic heterocycles. The molecule has 0 heterocycles. The first-order valence-corrected chi connectivity index (χ1v) is 5.70. The Bertz CT molecular complexity index is 180. The van der Waals surface area contributed by atoms with Gasteiger partial charge in [0, 0.05) is 4.20 Å². The van der Waals surface area contributed by atoms with E-state index in [1.807, 2.05) is 13.8 Å². The summed E-state index contributed by atoms with van der Waals surface area (Å²) in [6.07, 6.45) is 1.97. The molecule has 76 valence electrons. The molecular weight excluding hydrogens is 204 g/mol. The Morgan fingerprint density at radius 3 is 2.69 bits per heavy atom. The van der Waals surface area contributed by atoms with Gasteiger partial charge in [-0.05, 0) is 20.3 Å². The van der Waals surface area contributed by atoms with Crippen LogP contribution in [0.5, 0.6) is 0 Å². The minimum Gasteiger partial charge on any atom is -0.465 e. The van der Waals surface area contributed by atoms with Crippen LogP contribution in [0.4, 0.5) is 0 Å². The highest BCUT2D eigenvalue weighted by atomic mass is 32.2. The molecule has 0 saturated carbocycles. The second-order valence-electron chi connectivity index (χ2n) is 2.77. The van der Waals surface area contributed by atoms with Crippen molar-refractivity contribution < 1.29 is 9.53 Å². The van der Waals surface area contributed by atoms with Crippen molar-refractivity contribution in [3.63, 3.8) is 0 Å². The van der Waals surface area contributed by atoms with Crippen LogP contribution in [0, 0.1) is 0 Å². The first-order valence-electron chi connectivity index (χ1n) is 4.41. The number of unbranched alkanes of at least 4 members (excludes halogenated alkanes) is 1. The van der Waals surface area contributed by atoms with Gasteiger partial charge in [0.15, 0.2) is 0 Å². The van der Waals surface area contributed by atoms with Gasteiger partial charge in [0.25, 0.3) is 0 Å². The maximum atomic E-state index is 11.3. The van der Waals surface area contributed by atoms with Crippen molar-refractivity contribution in [3.05, 3.63) is 0 Å². The fourth-order valence-electron chi connectivity index (χ4n) is 0.732. The van der Waals surface area contributed by atoms with Gasteiger partial charge in [0.1, 0.15) is 5.25 Å². The number of carbonyl (C=O) groups excluding carboxylic acids is 1. The number of hydrogen-bond acceptors (Lipinski definition) is 4. The van der Waals surface area contributed by atoms with E-state index in [1.165, 1.54) is 11.8 Å². The van der Waals surface area contributed by atoms with Gasteiger partial charge >= 0.3 is 5.97 Å². The van der Waals surface area contributed by atoms with Crippen molar-refractivity contribution in [2.75, 3.05) is 6.61 Å². The van der Waals surface area contributed by atoms with Crippen molar-refractivity contribution in [3.8, 4) is 0 Å². The highest BCUT2D eigenvalue weighted by molar-refractivity contribution is 8.23. The van der Waals surface area contributed by atoms with Crippen LogP contribution in [0.1, 0.15) is 33.6 Å². The molecule has 0 amide bonds. The SMILES string of the molecule is CCCCOC(=O)C(C)SC(C)=S. The standard InChI is InChI=1S/C9H16O2S2/c1-4-5-6-11-9(10)7(2)13-8(3)12/h7H,4-6H2,1-3H3. The molecule has 0 radical (unpaired) electrons. The summed E-state index contributed by atoms with van der Waals surface area (Å²) in [4.78, 5) is 11.3. The van der Waals surface area contributed by atoms with Crippen molar-refractivity contribution in [1.82, 2.24) is 0 Å². The van der Waals surface area contributed by atoms with Crippen LogP contribution < -0.4 is 0 Å². The van der Waals surface area contributed by atoms with Crippen LogP contribution >= 0.6 is 24.0 Å². The van der Waals surface area contributed by atoms with Crippen LogP contribution in [-0.2, 0) is 9.53 Å². The maximum Gasteiger partial charge on any atom is 0.319 e. The molecule has 0 rings (SSSR count). The third-order valence-electron chi connectivity index (χ3n) is 1.42. The molecule has 0 aliphatic carbocycles. The second-order valence-corrected chi connectivity index (χ2v) is 5.20. The summed E-state index contributed by atoms with van der Waals surface area (Å²) in [5.41, 5.74) is 0. The molecule has 0 aromatic carbocycles. The number of thioether (sulfide) groups is 1. The average molecular weight is 220 g/mol. The van der Waals surface area contributed by atoms with Crippen molar-refractivity contribution in [2.45, 2.75) is 38.9 Å². The van der Waals surface area contributed by atoms with Crippen LogP contribution in [0.15, 0.2) is 0 Å². The Kier molecular flexibility index (Phi) is 7.28. The van der Waals surface area contributed by atoms with Crippen LogP contribution in [0.3, 0.4) is 0 Å². The lowest BCUT2D eigenvalue weighted by molar-refractivity contribution is -0.142. The van der Waals surface area contributed by atoms with Gasteiger partial charge in [-0.15, -0.1) is 11.8 Å². The molecule has 0 aromatic heterocycles. The largest absolute Gasteiger partial charge is 0.465 e. The lowest BCUT2D eigenvalue weighted by atomic mass is 10.4. The van der Waals surface area contributed by atoms with E-state index in [4.69, 9.17) is 17.0 Å². The van der Waals surface area contributed by atoms with E-state index >= 15 is 0 Å². The first kappa shape index (κ1) is 12.9. The molecular formula is C9H16O2S2. The van der Waals surface area contributed by atoms with Crippen molar-refractivity contribution in [2.24, 2.45) is 0 Å². The Morgan fingerprint density at radius 2 is 2.23 bits per heavy atom. The third-order valence-corrected chi connectivity index (χ3v) is 2.58. The number of esters is 1. The van der Waals surface area contributed by atoms with Gasteiger partial charge in [-0.3, -0.25) is 4.79 Å². The summed E-state index contributed by atoms with van der Waals surface area (Å²) in [6, 6.07) is 0. The average Bonchev–Trinajstić information content (AvgIpc) is 2.03. The fourth-order valence-corrected chi connectivity index (χ4v) is 1.83. The Morgan fingerprint density at radius 1 is 1.62 bits per heavy atom. The molecule has 2 nitrogen and oxygen atoms in total. The highest BCUT2D eigenvalue weighted by Gasteiger charge is 2.14. The molecule has 0 aliphatic rings. The maximum absolute atomic E-state index is 11.3. The highest BCUT2D eigenvalue weighted by Crippen LogP contribution is 2.14. The zero-order valence-electron chi connectivity index (χ0n) is 8.33. The summed E-state index contributed by atoms with van der Waals surface area (Å²) in [5, 5.41) is -0.172. The Balaban J connectivity index is 3.63. The first-order chi connectivity index (χ1) is 6.07. The normalized spacial score (nSPS) is 12.2. The zero-order valence-corrected chi connectivity index (χ0v) is 9.96. The minimum atomic E-state index is -0.172. The summed E-state index contributed by atoms with van der Waals surface area (Å²) in [6.45, 7) is 6.22. The summed E-state index contributed by atoms with van der Waals surface area (Å²) < 4.78 is 5.80. The van der Waals surface area contributed by atoms with Gasteiger partial charge in [-0.25, -0.2) is 0 Å². The van der Waals surface area contributed by atoms with Gasteiger partial charge in [0.2, 0.25) is 0 Å². The molecule has 1 unspecified atom stereocenters. The summed E-state index contributed by atoms with van der Waals surface area (Å²) in [7, 11) is 0. The van der Waals surface area contributed by atoms with E-state index in [1.54, 1.807) is 0 Å². The molecule has 0 fully saturated rings. The molecule has 0 spiro atoms. The van der Waals surface area contributed by atoms with E-state index < -0.39 is 0 Å². The van der Waals surface area contributed by atoms with Gasteiger partial charge in [-0.1, -0.05) is 25.6 Å². The van der Waals surface area contributed by atoms with Crippen molar-refractivity contribution >= 4 is 34.1 Å². The monoisotopic (exact) mass is 220 g/mol. The minimum absolute atomic E-state index is 0.164. The molecule has 0 bridgehead atoms. The topological polar surface area (TPSA) is 26.3 Å². The zero-order chi connectivity index (χ0) is 10.3. The number of thiocarbonyl (C=S) groups is 1. The molecule has 0 N–H and O–H groups in total. The molecule has 13 heavy (non-hydrogen) atoms. The van der Waals surface area contributed by atoms with E-state index in [0.717, 1.165) is 17.0 Å². The van der Waals surface area contributed by atoms with Crippen LogP contribution in [0.25, 0.3) is 0 Å². The molecule has 0 saturated heterocycles. The van der Waals surface area contributed by atoms with E-state index in [0.29, 0.717) is 6.61 Å². The Hall–Kier alpha value is -0.0900. The summed E-state index contributed by atoms with van der Waals surface area (Å²) in [5.74, 6) is -0.164. The summed E-state index contributed by atoms with van der Waals surface area (Å²) >= 11 is 6.26. The smallest absolute Gasteiger partial charge is 0.319 e. The predicted molar refractivity (Wildman–Crippen MR) is 61.2 cm³/mol. The third kappa shape index (κ3) is 7.02. The van der Waals surface area contributed by atoms with Gasteiger partial charge < -0.3 is 4.74 Å². The van der Waals surface area contributed by atoms with E-state index in [9.17, 15) is 4.79 Å². The van der Waals surface area contributed by atoms with E-state index in [2.05, 4.69) is 6.92 Å². The molecule has 1 atom stereocenters. The van der Waals surface area contributed by atoms with Crippen molar-refractivity contribution in [1.29, 1.82) is 0 Å². The Labute approximate surface area is 89.4 Å². The van der Waals surface area contributed by atoms with E-state index in [-0.39, 0.29) is 11.2 Å². The van der Waals surface area contributed by atoms with Gasteiger partial charge in [-0.2, -0.15) is 0 Å². The van der Waals surface area contributed by atoms with Gasteiger partial charge in [0.05, 0.1) is 6.61 Å². The second kappa shape index (κ2) is 7.33. The predicted octanol–water partition coefficient (Wildman–Crippen LogP) is 2.80. The fraction of sp³-hybridized carbons (Fsp3) is 0.778.